The molecule has 0 aromatic carbocycles. The fourth-order valence-corrected chi connectivity index (χ4v) is 0.378. The summed E-state index contributed by atoms with van der Waals surface area (Å²) in [7, 11) is -6.09. The average Bonchev–Trinajstić information content (AvgIpc) is 2.02. The maximum atomic E-state index is 11.8. The molecule has 0 radical (unpaired) electrons. The second-order valence-corrected chi connectivity index (χ2v) is 3.49. The van der Waals surface area contributed by atoms with Crippen LogP contribution in [-0.2, 0) is 10.1 Å². The summed E-state index contributed by atoms with van der Waals surface area (Å²) in [6.07, 6.45) is 2.67. The number of hydrogen-bond acceptors (Lipinski definition) is 3. The normalized spacial score (nSPS) is 11.5. The first kappa shape index (κ1) is 13.8. The van der Waals surface area contributed by atoms with E-state index < -0.39 is 15.6 Å². The lowest BCUT2D eigenvalue weighted by Gasteiger charge is -2.08. The number of nitrogens with zero attached hydrogens (tertiary/aromatic N) is 1. The molecule has 0 amide bonds. The first-order valence-electron chi connectivity index (χ1n) is 3.29. The summed E-state index contributed by atoms with van der Waals surface area (Å²) >= 11 is 0. The quantitative estimate of drug-likeness (QED) is 0.385. The summed E-state index contributed by atoms with van der Waals surface area (Å²) in [5, 5.41) is 0. The van der Waals surface area contributed by atoms with Crippen molar-refractivity contribution >= 4 is 10.1 Å². The fraction of sp³-hybridized carbons (Fsp3) is 0.167. The highest BCUT2D eigenvalue weighted by molar-refractivity contribution is 7.86. The van der Waals surface area contributed by atoms with Gasteiger partial charge in [0.05, 0.1) is 4.48 Å². The molecular weight excluding hydrogens is 241 g/mol. The van der Waals surface area contributed by atoms with Gasteiger partial charge in [-0.2, -0.15) is 13.2 Å². The third kappa shape index (κ3) is 5.96. The fourth-order valence-electron chi connectivity index (χ4n) is 0.378. The molecule has 1 aromatic rings. The molecule has 0 aliphatic heterocycles. The van der Waals surface area contributed by atoms with Crippen LogP contribution in [0.4, 0.5) is 17.7 Å². The minimum atomic E-state index is -6.09. The molecule has 0 N–H and O–H groups in total. The Kier molecular flexibility index (Phi) is 4.62. The minimum absolute atomic E-state index is 0.500. The van der Waals surface area contributed by atoms with Crippen molar-refractivity contribution in [2.24, 2.45) is 0 Å². The summed E-state index contributed by atoms with van der Waals surface area (Å²) in [4.78, 5) is 0.500. The van der Waals surface area contributed by atoms with Crippen LogP contribution >= 0.6 is 0 Å². The topological polar surface area (TPSA) is 61.1 Å². The van der Waals surface area contributed by atoms with Crippen molar-refractivity contribution in [1.82, 2.24) is 0 Å². The van der Waals surface area contributed by atoms with E-state index in [-0.39, 0.29) is 0 Å². The molecule has 1 aromatic heterocycles. The molecule has 0 saturated heterocycles. The molecule has 0 spiro atoms. The number of rotatable bonds is 0. The van der Waals surface area contributed by atoms with Gasteiger partial charge in [0.2, 0.25) is 12.4 Å². The van der Waals surface area contributed by atoms with Gasteiger partial charge in [0.15, 0.2) is 10.1 Å². The van der Waals surface area contributed by atoms with Gasteiger partial charge in [-0.3, -0.25) is 0 Å². The van der Waals surface area contributed by atoms with Crippen molar-refractivity contribution in [3.05, 3.63) is 30.6 Å². The summed E-state index contributed by atoms with van der Waals surface area (Å²) < 4.78 is 70.7. The molecule has 0 unspecified atom stereocenters. The van der Waals surface area contributed by atoms with Crippen molar-refractivity contribution in [3.63, 3.8) is 0 Å². The smallest absolute Gasteiger partial charge is 0.485 e. The Hall–Kier alpha value is -1.22. The van der Waals surface area contributed by atoms with Crippen LogP contribution < -0.4 is 4.79 Å². The van der Waals surface area contributed by atoms with Gasteiger partial charge in [-0.15, -0.1) is 0 Å². The first-order valence-corrected chi connectivity index (χ1v) is 4.70. The van der Waals surface area contributed by atoms with E-state index in [2.05, 4.69) is 0 Å². The summed E-state index contributed by atoms with van der Waals surface area (Å²) in [6, 6.07) is 5.01. The number of aromatic nitrogens is 1. The lowest BCUT2D eigenvalue weighted by atomic mass is 10.5. The third-order valence-corrected chi connectivity index (χ3v) is 1.53. The van der Waals surface area contributed by atoms with Crippen molar-refractivity contribution in [1.29, 1.82) is 0 Å². The molecular formula is C6H5F4NO3S. The third-order valence-electron chi connectivity index (χ3n) is 0.963. The Morgan fingerprint density at radius 1 is 1.07 bits per heavy atom. The van der Waals surface area contributed by atoms with Gasteiger partial charge in [0.25, 0.3) is 0 Å². The van der Waals surface area contributed by atoms with Crippen LogP contribution in [0.1, 0.15) is 0 Å². The van der Waals surface area contributed by atoms with Crippen LogP contribution in [-0.4, -0.2) is 18.5 Å². The highest BCUT2D eigenvalue weighted by Gasteiger charge is 2.36. The lowest BCUT2D eigenvalue weighted by molar-refractivity contribution is -0.843. The molecule has 0 saturated carbocycles. The summed E-state index contributed by atoms with van der Waals surface area (Å²) in [5.41, 5.74) is -5.65. The second kappa shape index (κ2) is 5.03. The molecule has 1 heterocycles. The Labute approximate surface area is 82.5 Å². The van der Waals surface area contributed by atoms with Crippen molar-refractivity contribution in [3.8, 4) is 0 Å². The molecule has 0 aliphatic rings. The maximum absolute atomic E-state index is 11.8. The zero-order valence-corrected chi connectivity index (χ0v) is 7.80. The van der Waals surface area contributed by atoms with Crippen LogP contribution in [0.2, 0.25) is 0 Å². The molecule has 0 aliphatic carbocycles. The summed E-state index contributed by atoms with van der Waals surface area (Å²) in [5.74, 6) is 0. The van der Waals surface area contributed by atoms with Crippen molar-refractivity contribution in [2.45, 2.75) is 5.51 Å². The van der Waals surface area contributed by atoms with Gasteiger partial charge in [0, 0.05) is 16.9 Å². The van der Waals surface area contributed by atoms with Crippen LogP contribution in [0.3, 0.4) is 0 Å². The van der Waals surface area contributed by atoms with E-state index in [1.165, 1.54) is 12.4 Å². The Morgan fingerprint density at radius 3 is 1.53 bits per heavy atom. The molecule has 0 bridgehead atoms. The molecule has 9 heteroatoms. The highest BCUT2D eigenvalue weighted by Crippen LogP contribution is 2.20. The number of pyridine rings is 1. The number of alkyl halides is 3. The molecule has 0 fully saturated rings. The van der Waals surface area contributed by atoms with E-state index in [0.29, 0.717) is 4.79 Å². The van der Waals surface area contributed by atoms with E-state index in [9.17, 15) is 17.7 Å². The largest absolute Gasteiger partial charge is 0.741 e. The van der Waals surface area contributed by atoms with Crippen molar-refractivity contribution in [2.75, 3.05) is 0 Å². The van der Waals surface area contributed by atoms with Gasteiger partial charge in [-0.1, -0.05) is 6.07 Å². The molecule has 86 valence electrons. The van der Waals surface area contributed by atoms with Gasteiger partial charge >= 0.3 is 5.51 Å². The van der Waals surface area contributed by atoms with Gasteiger partial charge in [-0.25, -0.2) is 8.42 Å². The van der Waals surface area contributed by atoms with Crippen molar-refractivity contribution < 1.29 is 35.4 Å². The van der Waals surface area contributed by atoms with Gasteiger partial charge in [-0.05, 0) is 0 Å². The van der Waals surface area contributed by atoms with E-state index in [0.717, 1.165) is 0 Å². The minimum Gasteiger partial charge on any atom is -0.741 e. The van der Waals surface area contributed by atoms with E-state index in [1.807, 2.05) is 0 Å². The van der Waals surface area contributed by atoms with E-state index in [4.69, 9.17) is 13.0 Å². The first-order chi connectivity index (χ1) is 6.64. The lowest BCUT2D eigenvalue weighted by Crippen LogP contribution is -2.21. The Morgan fingerprint density at radius 2 is 1.40 bits per heavy atom. The van der Waals surface area contributed by atoms with E-state index in [1.54, 1.807) is 18.2 Å². The Balaban J connectivity index is 0.000000262. The van der Waals surface area contributed by atoms with Crippen LogP contribution in [0.5, 0.6) is 0 Å². The average molecular weight is 246 g/mol. The number of halogens is 4. The SMILES string of the molecule is O=S(=O)([O-])C(F)(F)F.[18F][n+]1ccccc1. The predicted molar refractivity (Wildman–Crippen MR) is 38.9 cm³/mol. The van der Waals surface area contributed by atoms with E-state index >= 15 is 0 Å². The van der Waals surface area contributed by atoms with Gasteiger partial charge < -0.3 is 4.55 Å². The standard InChI is InChI=1S/C5H5FN.CHF3O3S/c6-7-4-2-1-3-5-7;2-1(3,4)8(5,6)7/h1-5H;(H,5,6,7)/q+1;/p-1/i6-1;. The van der Waals surface area contributed by atoms with Crippen LogP contribution in [0.25, 0.3) is 0 Å². The highest BCUT2D eigenvalue weighted by atomic mass is 32.2. The maximum Gasteiger partial charge on any atom is 0.485 e. The summed E-state index contributed by atoms with van der Waals surface area (Å²) in [6.45, 7) is 0. The molecule has 1 rings (SSSR count). The zero-order valence-electron chi connectivity index (χ0n) is 6.98. The second-order valence-electron chi connectivity index (χ2n) is 2.12. The molecule has 0 atom stereocenters. The number of hydrogen-bond donors (Lipinski definition) is 0. The monoisotopic (exact) mass is 246 g/mol. The zero-order chi connectivity index (χ0) is 12.1. The van der Waals surface area contributed by atoms with Gasteiger partial charge in [0.1, 0.15) is 0 Å². The molecule has 4 nitrogen and oxygen atoms in total. The molecule has 15 heavy (non-hydrogen) atoms. The predicted octanol–water partition coefficient (Wildman–Crippen LogP) is 0.758. The van der Waals surface area contributed by atoms with Crippen LogP contribution in [0.15, 0.2) is 30.6 Å². The Bertz CT molecular complexity index is 389. The van der Waals surface area contributed by atoms with Crippen LogP contribution in [0, 0.1) is 0 Å².